The zero-order valence-electron chi connectivity index (χ0n) is 14.2. The van der Waals surface area contributed by atoms with E-state index < -0.39 is 8.80 Å². The lowest BCUT2D eigenvalue weighted by atomic mass is 10.3. The maximum absolute atomic E-state index is 5.85. The van der Waals surface area contributed by atoms with Crippen molar-refractivity contribution in [1.29, 1.82) is 0 Å². The molecule has 1 saturated heterocycles. The van der Waals surface area contributed by atoms with Crippen molar-refractivity contribution in [2.24, 2.45) is 4.99 Å². The van der Waals surface area contributed by atoms with E-state index in [0.717, 1.165) is 23.3 Å². The van der Waals surface area contributed by atoms with Crippen LogP contribution in [0.25, 0.3) is 0 Å². The molecule has 0 N–H and O–H groups in total. The molecule has 1 atom stereocenters. The maximum Gasteiger partial charge on any atom is 0.500 e. The molecule has 1 fully saturated rings. The number of rotatable bonds is 10. The maximum atomic E-state index is 5.85. The van der Waals surface area contributed by atoms with Crippen LogP contribution in [0.2, 0.25) is 6.04 Å². The second-order valence-electron chi connectivity index (χ2n) is 5.04. The van der Waals surface area contributed by atoms with Crippen molar-refractivity contribution in [3.8, 4) is 0 Å². The van der Waals surface area contributed by atoms with Gasteiger partial charge in [-0.2, -0.15) is 0 Å². The molecule has 0 aromatic rings. The van der Waals surface area contributed by atoms with Crippen LogP contribution in [0.1, 0.15) is 27.2 Å². The van der Waals surface area contributed by atoms with Crippen LogP contribution in [0.4, 0.5) is 0 Å². The predicted molar refractivity (Wildman–Crippen MR) is 93.7 cm³/mol. The Morgan fingerprint density at radius 1 is 1.17 bits per heavy atom. The van der Waals surface area contributed by atoms with Gasteiger partial charge < -0.3 is 22.8 Å². The van der Waals surface area contributed by atoms with Crippen LogP contribution in [-0.2, 0) is 22.8 Å². The topological polar surface area (TPSA) is 58.5 Å². The molecule has 1 unspecified atom stereocenters. The SMILES string of the molecule is CCO[Si](CCCN=C1SC=C2OCCOC21)(OCC)OCC. The number of ether oxygens (including phenoxy) is 2. The van der Waals surface area contributed by atoms with Crippen molar-refractivity contribution in [2.75, 3.05) is 39.6 Å². The van der Waals surface area contributed by atoms with Crippen molar-refractivity contribution in [2.45, 2.75) is 39.3 Å². The summed E-state index contributed by atoms with van der Waals surface area (Å²) >= 11 is 1.59. The number of nitrogens with zero attached hydrogens (tertiary/aromatic N) is 1. The van der Waals surface area contributed by atoms with Crippen molar-refractivity contribution < 1.29 is 22.8 Å². The van der Waals surface area contributed by atoms with Gasteiger partial charge in [-0.25, -0.2) is 0 Å². The fourth-order valence-corrected chi connectivity index (χ4v) is 6.05. The third kappa shape index (κ3) is 5.30. The Labute approximate surface area is 143 Å². The smallest absolute Gasteiger partial charge is 0.492 e. The van der Waals surface area contributed by atoms with Crippen LogP contribution in [0.15, 0.2) is 16.2 Å². The Kier molecular flexibility index (Phi) is 8.08. The quantitative estimate of drug-likeness (QED) is 0.440. The molecule has 2 aliphatic rings. The summed E-state index contributed by atoms with van der Waals surface area (Å²) in [6.45, 7) is 9.71. The fraction of sp³-hybridized carbons (Fsp3) is 0.800. The third-order valence-electron chi connectivity index (χ3n) is 3.42. The van der Waals surface area contributed by atoms with Crippen molar-refractivity contribution in [3.63, 3.8) is 0 Å². The van der Waals surface area contributed by atoms with Crippen LogP contribution >= 0.6 is 11.8 Å². The fourth-order valence-electron chi connectivity index (χ4n) is 2.56. The van der Waals surface area contributed by atoms with Gasteiger partial charge in [-0.15, -0.1) is 0 Å². The van der Waals surface area contributed by atoms with E-state index in [-0.39, 0.29) is 6.10 Å². The van der Waals surface area contributed by atoms with Gasteiger partial charge in [0.1, 0.15) is 17.4 Å². The molecule has 0 saturated carbocycles. The molecule has 0 aromatic heterocycles. The molecule has 0 spiro atoms. The molecule has 0 radical (unpaired) electrons. The highest BCUT2D eigenvalue weighted by molar-refractivity contribution is 8.17. The van der Waals surface area contributed by atoms with Crippen LogP contribution in [0.5, 0.6) is 0 Å². The molecule has 6 nitrogen and oxygen atoms in total. The molecule has 0 aromatic carbocycles. The Morgan fingerprint density at radius 2 is 1.87 bits per heavy atom. The molecule has 23 heavy (non-hydrogen) atoms. The van der Waals surface area contributed by atoms with Gasteiger partial charge in [-0.05, 0) is 27.2 Å². The van der Waals surface area contributed by atoms with Gasteiger partial charge >= 0.3 is 8.80 Å². The average molecular weight is 362 g/mol. The molecule has 8 heteroatoms. The second kappa shape index (κ2) is 9.80. The summed E-state index contributed by atoms with van der Waals surface area (Å²) in [6.07, 6.45) is 0.778. The zero-order chi connectivity index (χ0) is 16.5. The van der Waals surface area contributed by atoms with Crippen molar-refractivity contribution >= 4 is 25.6 Å². The molecule has 0 bridgehead atoms. The Bertz CT molecular complexity index is 415. The van der Waals surface area contributed by atoms with E-state index in [2.05, 4.69) is 4.99 Å². The predicted octanol–water partition coefficient (Wildman–Crippen LogP) is 2.83. The van der Waals surface area contributed by atoms with Gasteiger partial charge in [0.25, 0.3) is 0 Å². The van der Waals surface area contributed by atoms with E-state index in [0.29, 0.717) is 39.6 Å². The monoisotopic (exact) mass is 361 g/mol. The van der Waals surface area contributed by atoms with Crippen molar-refractivity contribution in [3.05, 3.63) is 11.2 Å². The van der Waals surface area contributed by atoms with E-state index in [1.807, 2.05) is 26.2 Å². The Morgan fingerprint density at radius 3 is 2.52 bits per heavy atom. The lowest BCUT2D eigenvalue weighted by Crippen LogP contribution is -2.46. The number of hydrogen-bond donors (Lipinski definition) is 0. The molecule has 2 heterocycles. The number of fused-ring (bicyclic) bond motifs is 1. The third-order valence-corrected chi connectivity index (χ3v) is 7.50. The highest BCUT2D eigenvalue weighted by Gasteiger charge is 2.39. The first kappa shape index (κ1) is 18.9. The first-order valence-electron chi connectivity index (χ1n) is 8.32. The average Bonchev–Trinajstić information content (AvgIpc) is 2.96. The first-order chi connectivity index (χ1) is 11.2. The lowest BCUT2D eigenvalue weighted by molar-refractivity contribution is -0.00999. The number of hydrogen-bond acceptors (Lipinski definition) is 7. The normalized spacial score (nSPS) is 22.8. The van der Waals surface area contributed by atoms with E-state index >= 15 is 0 Å². The lowest BCUT2D eigenvalue weighted by Gasteiger charge is -2.28. The van der Waals surface area contributed by atoms with Crippen LogP contribution < -0.4 is 0 Å². The van der Waals surface area contributed by atoms with E-state index in [1.54, 1.807) is 11.8 Å². The molecule has 0 amide bonds. The highest BCUT2D eigenvalue weighted by Crippen LogP contribution is 2.31. The van der Waals surface area contributed by atoms with Crippen LogP contribution in [-0.4, -0.2) is 59.5 Å². The summed E-state index contributed by atoms with van der Waals surface area (Å²) in [4.78, 5) is 4.67. The standard InChI is InChI=1S/C15H27NO5SSi/c1-4-19-23(20-5-2,21-6-3)11-7-8-16-15-14-13(12-22-15)17-9-10-18-14/h12,14H,4-11H2,1-3H3. The van der Waals surface area contributed by atoms with Gasteiger partial charge in [0, 0.05) is 37.8 Å². The van der Waals surface area contributed by atoms with E-state index in [1.165, 1.54) is 0 Å². The van der Waals surface area contributed by atoms with Crippen LogP contribution in [0.3, 0.4) is 0 Å². The van der Waals surface area contributed by atoms with Gasteiger partial charge in [0.2, 0.25) is 0 Å². The molecule has 2 rings (SSSR count). The van der Waals surface area contributed by atoms with Gasteiger partial charge in [-0.1, -0.05) is 11.8 Å². The minimum Gasteiger partial charge on any atom is -0.492 e. The summed E-state index contributed by atoms with van der Waals surface area (Å²) in [6, 6.07) is 0.784. The van der Waals surface area contributed by atoms with E-state index in [9.17, 15) is 0 Å². The molecule has 0 aliphatic carbocycles. The minimum atomic E-state index is -2.55. The minimum absolute atomic E-state index is 0.0959. The Balaban J connectivity index is 1.83. The van der Waals surface area contributed by atoms with Gasteiger partial charge in [0.15, 0.2) is 6.10 Å². The first-order valence-corrected chi connectivity index (χ1v) is 11.1. The van der Waals surface area contributed by atoms with Crippen LogP contribution in [0, 0.1) is 0 Å². The summed E-state index contributed by atoms with van der Waals surface area (Å²) in [7, 11) is -2.55. The molecule has 2 aliphatic heterocycles. The molecule has 132 valence electrons. The highest BCUT2D eigenvalue weighted by atomic mass is 32.2. The summed E-state index contributed by atoms with van der Waals surface area (Å²) in [5.74, 6) is 0.890. The second-order valence-corrected chi connectivity index (χ2v) is 8.66. The Hall–Kier alpha value is -0.383. The zero-order valence-corrected chi connectivity index (χ0v) is 16.0. The summed E-state index contributed by atoms with van der Waals surface area (Å²) in [5.41, 5.74) is 0. The molecular weight excluding hydrogens is 334 g/mol. The summed E-state index contributed by atoms with van der Waals surface area (Å²) < 4.78 is 28.9. The van der Waals surface area contributed by atoms with Crippen molar-refractivity contribution in [1.82, 2.24) is 0 Å². The largest absolute Gasteiger partial charge is 0.500 e. The molecular formula is C15H27NO5SSi. The van der Waals surface area contributed by atoms with E-state index in [4.69, 9.17) is 22.8 Å². The number of thioether (sulfide) groups is 1. The summed E-state index contributed by atoms with van der Waals surface area (Å²) in [5, 5.41) is 2.97. The van der Waals surface area contributed by atoms with Gasteiger partial charge in [0.05, 0.1) is 6.61 Å². The van der Waals surface area contributed by atoms with Gasteiger partial charge in [-0.3, -0.25) is 4.99 Å². The number of aliphatic imine (C=N–C) groups is 1.